The molecule has 1 aromatic rings. The summed E-state index contributed by atoms with van der Waals surface area (Å²) in [5, 5.41) is 0. The van der Waals surface area contributed by atoms with Crippen molar-refractivity contribution >= 4 is 67.1 Å². The quantitative estimate of drug-likeness (QED) is 0.152. The number of benzene rings is 1. The van der Waals surface area contributed by atoms with Crippen LogP contribution in [-0.4, -0.2) is 45.2 Å². The minimum atomic E-state index is -5.78. The molecular weight excluding hydrogens is 654 g/mol. The Hall–Kier alpha value is -0.890. The van der Waals surface area contributed by atoms with Crippen molar-refractivity contribution in [2.45, 2.75) is 11.7 Å². The number of sulfonamides is 1. The maximum atomic E-state index is 12.4. The first-order valence-electron chi connectivity index (χ1n) is 6.51. The molecule has 0 N–H and O–H groups in total. The Morgan fingerprint density at radius 3 is 2.14 bits per heavy atom. The Morgan fingerprint density at radius 2 is 1.64 bits per heavy atom. The maximum Gasteiger partial charge on any atom is 0.491 e. The molecule has 1 rings (SSSR count). The van der Waals surface area contributed by atoms with Crippen LogP contribution in [0.3, 0.4) is 0 Å². The van der Waals surface area contributed by atoms with Crippen LogP contribution in [0.4, 0.5) is 26.3 Å². The summed E-state index contributed by atoms with van der Waals surface area (Å²) in [6.45, 7) is -2.00. The largest absolute Gasteiger partial charge is 0.538 e. The van der Waals surface area contributed by atoms with E-state index in [1.54, 1.807) is 22.6 Å². The second-order valence-electron chi connectivity index (χ2n) is 4.56. The van der Waals surface area contributed by atoms with E-state index in [1.807, 2.05) is 0 Å². The van der Waals surface area contributed by atoms with Crippen molar-refractivity contribution in [3.05, 3.63) is 29.6 Å². The highest BCUT2D eigenvalue weighted by molar-refractivity contribution is 14.1. The van der Waals surface area contributed by atoms with E-state index in [4.69, 9.17) is 0 Å². The molecule has 0 aliphatic carbocycles. The zero-order valence-electron chi connectivity index (χ0n) is 12.9. The molecule has 0 fully saturated rings. The second kappa shape index (κ2) is 9.28. The normalized spacial score (nSPS) is 12.6. The molecule has 0 bridgehead atoms. The van der Waals surface area contributed by atoms with Crippen LogP contribution in [-0.2, 0) is 19.6 Å². The summed E-state index contributed by atoms with van der Waals surface area (Å²) >= 11 is 3.19. The van der Waals surface area contributed by atoms with Crippen LogP contribution < -0.4 is 4.74 Å². The van der Waals surface area contributed by atoms with Crippen LogP contribution >= 0.6 is 45.2 Å². The van der Waals surface area contributed by atoms with Crippen molar-refractivity contribution < 1.29 is 53.8 Å². The summed E-state index contributed by atoms with van der Waals surface area (Å²) in [5.74, 6) is -4.74. The standard InChI is InChI=1S/C12H6F6I2NO6S/c13-11(14,15)10(23)27-8-6(3-5(19)4-7(8)20)9(22)26-2-1-21-28(24,25)12(16,17)18/h3-4H,1-2H2/q-1. The first kappa shape index (κ1) is 25.1. The van der Waals surface area contributed by atoms with E-state index in [9.17, 15) is 44.3 Å². The highest BCUT2D eigenvalue weighted by Gasteiger charge is 2.42. The SMILES string of the molecule is O=C(OCC[N-]S(=O)(=O)C(F)(F)F)c1cc(I)cc(I)c1OC(=O)C(F)(F)F. The first-order valence-corrected chi connectivity index (χ1v) is 10.1. The lowest BCUT2D eigenvalue weighted by atomic mass is 10.2. The monoisotopic (exact) mass is 660 g/mol. The first-order chi connectivity index (χ1) is 12.6. The molecule has 0 heterocycles. The number of nitrogens with zero attached hydrogens (tertiary/aromatic N) is 1. The van der Waals surface area contributed by atoms with Gasteiger partial charge in [-0.15, -0.1) is 6.54 Å². The molecule has 16 heteroatoms. The molecule has 0 saturated heterocycles. The van der Waals surface area contributed by atoms with Gasteiger partial charge in [0.15, 0.2) is 15.8 Å². The Labute approximate surface area is 180 Å². The van der Waals surface area contributed by atoms with Crippen LogP contribution in [0, 0.1) is 7.14 Å². The average Bonchev–Trinajstić information content (AvgIpc) is 2.51. The van der Waals surface area contributed by atoms with Crippen LogP contribution in [0.2, 0.25) is 0 Å². The highest BCUT2D eigenvalue weighted by atomic mass is 127. The van der Waals surface area contributed by atoms with E-state index >= 15 is 0 Å². The Balaban J connectivity index is 2.92. The molecule has 158 valence electrons. The molecule has 0 aromatic heterocycles. The van der Waals surface area contributed by atoms with E-state index < -0.39 is 58.1 Å². The summed E-state index contributed by atoms with van der Waals surface area (Å²) in [5.41, 5.74) is -6.24. The molecule has 7 nitrogen and oxygen atoms in total. The number of alkyl halides is 6. The number of carbonyl (C=O) groups excluding carboxylic acids is 2. The van der Waals surface area contributed by atoms with Crippen LogP contribution in [0.15, 0.2) is 12.1 Å². The van der Waals surface area contributed by atoms with Crippen molar-refractivity contribution in [3.8, 4) is 5.75 Å². The third kappa shape index (κ3) is 6.87. The smallest absolute Gasteiger partial charge is 0.491 e. The van der Waals surface area contributed by atoms with Crippen molar-refractivity contribution in [1.29, 1.82) is 0 Å². The number of carbonyl (C=O) groups is 2. The molecule has 0 saturated carbocycles. The molecule has 1 aromatic carbocycles. The fourth-order valence-corrected chi connectivity index (χ4v) is 3.83. The molecule has 0 aliphatic rings. The van der Waals surface area contributed by atoms with Crippen molar-refractivity contribution in [3.63, 3.8) is 0 Å². The predicted molar refractivity (Wildman–Crippen MR) is 97.0 cm³/mol. The van der Waals surface area contributed by atoms with E-state index in [2.05, 4.69) is 14.2 Å². The minimum absolute atomic E-state index is 0.0570. The summed E-state index contributed by atoms with van der Waals surface area (Å²) in [7, 11) is -5.78. The third-order valence-electron chi connectivity index (χ3n) is 2.53. The number of rotatable bonds is 6. The fraction of sp³-hybridized carbons (Fsp3) is 0.333. The third-order valence-corrected chi connectivity index (χ3v) is 5.06. The molecule has 0 spiro atoms. The lowest BCUT2D eigenvalue weighted by Gasteiger charge is -2.21. The average molecular weight is 660 g/mol. The van der Waals surface area contributed by atoms with Crippen LogP contribution in [0.25, 0.3) is 4.72 Å². The number of halogens is 8. The van der Waals surface area contributed by atoms with Crippen molar-refractivity contribution in [1.82, 2.24) is 0 Å². The van der Waals surface area contributed by atoms with Gasteiger partial charge in [0, 0.05) is 3.57 Å². The molecule has 0 radical (unpaired) electrons. The number of hydrogen-bond donors (Lipinski definition) is 0. The number of esters is 2. The Bertz CT molecular complexity index is 871. The molecule has 0 atom stereocenters. The van der Waals surface area contributed by atoms with E-state index in [-0.39, 0.29) is 3.57 Å². The van der Waals surface area contributed by atoms with Gasteiger partial charge >= 0.3 is 23.6 Å². The molecule has 0 unspecified atom stereocenters. The van der Waals surface area contributed by atoms with E-state index in [0.717, 1.165) is 6.07 Å². The summed E-state index contributed by atoms with van der Waals surface area (Å²) in [4.78, 5) is 23.0. The zero-order valence-corrected chi connectivity index (χ0v) is 18.0. The van der Waals surface area contributed by atoms with Gasteiger partial charge in [-0.1, -0.05) is 0 Å². The summed E-state index contributed by atoms with van der Waals surface area (Å²) < 4.78 is 106. The topological polar surface area (TPSA) is 101 Å². The maximum absolute atomic E-state index is 12.4. The van der Waals surface area contributed by atoms with Gasteiger partial charge in [-0.25, -0.2) is 18.0 Å². The van der Waals surface area contributed by atoms with Crippen LogP contribution in [0.1, 0.15) is 10.4 Å². The van der Waals surface area contributed by atoms with Gasteiger partial charge in [-0.05, 0) is 57.3 Å². The lowest BCUT2D eigenvalue weighted by Crippen LogP contribution is -2.29. The van der Waals surface area contributed by atoms with Crippen LogP contribution in [0.5, 0.6) is 5.75 Å². The van der Waals surface area contributed by atoms with Gasteiger partial charge in [0.05, 0.1) is 10.2 Å². The van der Waals surface area contributed by atoms with Gasteiger partial charge in [0.2, 0.25) is 0 Å². The van der Waals surface area contributed by atoms with Gasteiger partial charge in [-0.3, -0.25) is 0 Å². The molecule has 0 amide bonds. The summed E-state index contributed by atoms with van der Waals surface area (Å²) in [6, 6.07) is 2.29. The molecular formula is C12H6F6I2NO6S-. The van der Waals surface area contributed by atoms with Gasteiger partial charge in [-0.2, -0.15) is 26.3 Å². The Kier molecular flexibility index (Phi) is 8.34. The summed E-state index contributed by atoms with van der Waals surface area (Å²) in [6.07, 6.45) is -5.35. The minimum Gasteiger partial charge on any atom is -0.538 e. The van der Waals surface area contributed by atoms with E-state index in [0.29, 0.717) is 3.57 Å². The van der Waals surface area contributed by atoms with Gasteiger partial charge in [0.1, 0.15) is 5.56 Å². The van der Waals surface area contributed by atoms with Crippen molar-refractivity contribution in [2.75, 3.05) is 13.2 Å². The zero-order chi connectivity index (χ0) is 21.9. The molecule has 28 heavy (non-hydrogen) atoms. The predicted octanol–water partition coefficient (Wildman–Crippen LogP) is 3.74. The molecule has 0 aliphatic heterocycles. The second-order valence-corrected chi connectivity index (χ2v) is 8.64. The van der Waals surface area contributed by atoms with E-state index in [1.165, 1.54) is 28.7 Å². The Morgan fingerprint density at radius 1 is 1.07 bits per heavy atom. The number of ether oxygens (including phenoxy) is 2. The van der Waals surface area contributed by atoms with Crippen molar-refractivity contribution in [2.24, 2.45) is 0 Å². The van der Waals surface area contributed by atoms with Gasteiger partial charge in [0.25, 0.3) is 0 Å². The number of hydrogen-bond acceptors (Lipinski definition) is 6. The van der Waals surface area contributed by atoms with Gasteiger partial charge < -0.3 is 14.2 Å². The highest BCUT2D eigenvalue weighted by Crippen LogP contribution is 2.31. The fourth-order valence-electron chi connectivity index (χ4n) is 1.41. The lowest BCUT2D eigenvalue weighted by molar-refractivity contribution is -0.189.